The van der Waals surface area contributed by atoms with E-state index >= 15 is 0 Å². The minimum Gasteiger partial charge on any atom is -0.387 e. The van der Waals surface area contributed by atoms with E-state index in [1.807, 2.05) is 24.4 Å². The van der Waals surface area contributed by atoms with E-state index < -0.39 is 6.10 Å². The molecule has 7 heteroatoms. The summed E-state index contributed by atoms with van der Waals surface area (Å²) in [5.74, 6) is -0.232. The molecule has 0 bridgehead atoms. The molecule has 1 unspecified atom stereocenters. The zero-order valence-corrected chi connectivity index (χ0v) is 16.8. The smallest absolute Gasteiger partial charge is 0.326 e. The van der Waals surface area contributed by atoms with Crippen molar-refractivity contribution in [2.24, 2.45) is 0 Å². The molecule has 1 aliphatic heterocycles. The molecule has 4 N–H and O–H groups in total. The summed E-state index contributed by atoms with van der Waals surface area (Å²) in [5, 5.41) is 15.5. The fourth-order valence-corrected chi connectivity index (χ4v) is 4.70. The molecule has 0 amide bonds. The number of aliphatic hydroxyl groups is 1. The van der Waals surface area contributed by atoms with Gasteiger partial charge in [0.1, 0.15) is 5.82 Å². The highest BCUT2D eigenvalue weighted by atomic mass is 19.1. The Morgan fingerprint density at radius 1 is 1.30 bits per heavy atom. The van der Waals surface area contributed by atoms with E-state index in [0.29, 0.717) is 13.0 Å². The van der Waals surface area contributed by atoms with Crippen LogP contribution in [0, 0.1) is 5.82 Å². The Kier molecular flexibility index (Phi) is 4.72. The Morgan fingerprint density at radius 2 is 2.17 bits per heavy atom. The molecule has 0 spiro atoms. The third kappa shape index (κ3) is 3.24. The molecule has 30 heavy (non-hydrogen) atoms. The summed E-state index contributed by atoms with van der Waals surface area (Å²) >= 11 is 0. The van der Waals surface area contributed by atoms with E-state index in [9.17, 15) is 14.3 Å². The first-order valence-electron chi connectivity index (χ1n) is 10.4. The van der Waals surface area contributed by atoms with Crippen LogP contribution in [0.3, 0.4) is 0 Å². The van der Waals surface area contributed by atoms with Crippen molar-refractivity contribution >= 4 is 21.9 Å². The number of imidazole rings is 1. The molecule has 4 aromatic rings. The van der Waals surface area contributed by atoms with Gasteiger partial charge in [-0.05, 0) is 56.0 Å². The van der Waals surface area contributed by atoms with Crippen molar-refractivity contribution in [1.82, 2.24) is 19.9 Å². The summed E-state index contributed by atoms with van der Waals surface area (Å²) in [6.07, 6.45) is 3.56. The molecule has 2 aromatic heterocycles. The van der Waals surface area contributed by atoms with Gasteiger partial charge in [-0.25, -0.2) is 9.18 Å². The monoisotopic (exact) mass is 408 g/mol. The number of aromatic amines is 2. The normalized spacial score (nSPS) is 20.0. The first kappa shape index (κ1) is 19.1. The van der Waals surface area contributed by atoms with Crippen molar-refractivity contribution in [3.8, 4) is 0 Å². The van der Waals surface area contributed by atoms with E-state index in [1.54, 1.807) is 16.7 Å². The summed E-state index contributed by atoms with van der Waals surface area (Å²) in [4.78, 5) is 18.3. The van der Waals surface area contributed by atoms with Crippen LogP contribution >= 0.6 is 0 Å². The molecule has 0 aliphatic carbocycles. The number of aromatic nitrogens is 3. The number of nitrogens with zero attached hydrogens (tertiary/aromatic N) is 1. The molecule has 0 fully saturated rings. The van der Waals surface area contributed by atoms with Crippen molar-refractivity contribution in [2.45, 2.75) is 50.9 Å². The van der Waals surface area contributed by atoms with Crippen LogP contribution in [0.5, 0.6) is 0 Å². The highest BCUT2D eigenvalue weighted by Gasteiger charge is 2.29. The second kappa shape index (κ2) is 7.41. The fourth-order valence-electron chi connectivity index (χ4n) is 4.70. The SMILES string of the molecule is CC(CCc1c[nH]c2ccc(F)cc12)N[C@@H]1CCn2c(=O)[nH]c3cccc(c32)[C@H]1O. The molecule has 0 saturated heterocycles. The highest BCUT2D eigenvalue weighted by molar-refractivity contribution is 5.83. The Labute approximate surface area is 172 Å². The summed E-state index contributed by atoms with van der Waals surface area (Å²) in [5.41, 5.74) is 4.23. The molecular weight excluding hydrogens is 383 g/mol. The molecule has 5 rings (SSSR count). The summed E-state index contributed by atoms with van der Waals surface area (Å²) in [6.45, 7) is 2.65. The summed E-state index contributed by atoms with van der Waals surface area (Å²) < 4.78 is 15.3. The van der Waals surface area contributed by atoms with E-state index in [2.05, 4.69) is 22.2 Å². The Bertz CT molecular complexity index is 1270. The molecule has 6 nitrogen and oxygen atoms in total. The minimum absolute atomic E-state index is 0.134. The summed E-state index contributed by atoms with van der Waals surface area (Å²) in [7, 11) is 0. The second-order valence-corrected chi connectivity index (χ2v) is 8.28. The third-order valence-electron chi connectivity index (χ3n) is 6.26. The Balaban J connectivity index is 1.31. The first-order valence-corrected chi connectivity index (χ1v) is 10.4. The van der Waals surface area contributed by atoms with Gasteiger partial charge in [0, 0.05) is 41.3 Å². The topological polar surface area (TPSA) is 85.8 Å². The zero-order chi connectivity index (χ0) is 20.8. The van der Waals surface area contributed by atoms with Gasteiger partial charge >= 0.3 is 5.69 Å². The van der Waals surface area contributed by atoms with E-state index in [0.717, 1.165) is 45.9 Å². The predicted octanol–water partition coefficient (Wildman–Crippen LogP) is 3.37. The van der Waals surface area contributed by atoms with Crippen LogP contribution < -0.4 is 11.0 Å². The maximum atomic E-state index is 13.6. The predicted molar refractivity (Wildman–Crippen MR) is 115 cm³/mol. The second-order valence-electron chi connectivity index (χ2n) is 8.28. The lowest BCUT2D eigenvalue weighted by atomic mass is 9.98. The van der Waals surface area contributed by atoms with Gasteiger partial charge in [-0.2, -0.15) is 0 Å². The number of rotatable bonds is 5. The van der Waals surface area contributed by atoms with Crippen molar-refractivity contribution < 1.29 is 9.50 Å². The minimum atomic E-state index is -0.692. The molecule has 3 atom stereocenters. The molecule has 0 radical (unpaired) electrons. The fraction of sp³-hybridized carbons (Fsp3) is 0.348. The van der Waals surface area contributed by atoms with Crippen LogP contribution in [0.15, 0.2) is 47.4 Å². The van der Waals surface area contributed by atoms with E-state index in [1.165, 1.54) is 6.07 Å². The van der Waals surface area contributed by atoms with Gasteiger partial charge < -0.3 is 20.4 Å². The van der Waals surface area contributed by atoms with Crippen LogP contribution in [0.25, 0.3) is 21.9 Å². The van der Waals surface area contributed by atoms with Gasteiger partial charge in [0.2, 0.25) is 0 Å². The number of aliphatic hydroxyl groups excluding tert-OH is 1. The van der Waals surface area contributed by atoms with Crippen molar-refractivity contribution in [1.29, 1.82) is 0 Å². The lowest BCUT2D eigenvalue weighted by Crippen LogP contribution is -2.41. The van der Waals surface area contributed by atoms with Gasteiger partial charge in [0.05, 0.1) is 17.1 Å². The largest absolute Gasteiger partial charge is 0.387 e. The molecule has 0 saturated carbocycles. The Morgan fingerprint density at radius 3 is 3.03 bits per heavy atom. The summed E-state index contributed by atoms with van der Waals surface area (Å²) in [6, 6.07) is 10.4. The molecular formula is C23H25FN4O2. The van der Waals surface area contributed by atoms with Crippen molar-refractivity contribution in [2.75, 3.05) is 0 Å². The van der Waals surface area contributed by atoms with Crippen LogP contribution in [-0.4, -0.2) is 31.7 Å². The molecule has 3 heterocycles. The number of halogens is 1. The lowest BCUT2D eigenvalue weighted by Gasteiger charge is -2.26. The third-order valence-corrected chi connectivity index (χ3v) is 6.26. The maximum absolute atomic E-state index is 13.6. The van der Waals surface area contributed by atoms with Crippen molar-refractivity contribution in [3.63, 3.8) is 0 Å². The maximum Gasteiger partial charge on any atom is 0.326 e. The van der Waals surface area contributed by atoms with Crippen LogP contribution in [0.4, 0.5) is 4.39 Å². The molecule has 2 aromatic carbocycles. The zero-order valence-electron chi connectivity index (χ0n) is 16.8. The molecule has 1 aliphatic rings. The van der Waals surface area contributed by atoms with Crippen LogP contribution in [0.2, 0.25) is 0 Å². The van der Waals surface area contributed by atoms with Gasteiger partial charge in [-0.15, -0.1) is 0 Å². The van der Waals surface area contributed by atoms with E-state index in [-0.39, 0.29) is 23.6 Å². The number of nitrogens with one attached hydrogen (secondary N) is 3. The quantitative estimate of drug-likeness (QED) is 0.408. The van der Waals surface area contributed by atoms with Crippen molar-refractivity contribution in [3.05, 3.63) is 70.0 Å². The number of hydrogen-bond donors (Lipinski definition) is 4. The van der Waals surface area contributed by atoms with Gasteiger partial charge in [0.25, 0.3) is 0 Å². The number of fused-ring (bicyclic) bond motifs is 1. The number of aryl methyl sites for hydroxylation is 2. The van der Waals surface area contributed by atoms with Gasteiger partial charge in [0.15, 0.2) is 0 Å². The number of para-hydroxylation sites is 1. The molecule has 156 valence electrons. The highest BCUT2D eigenvalue weighted by Crippen LogP contribution is 2.30. The number of H-pyrrole nitrogens is 2. The Hall–Kier alpha value is -2.90. The first-order chi connectivity index (χ1) is 14.5. The van der Waals surface area contributed by atoms with Gasteiger partial charge in [-0.3, -0.25) is 4.57 Å². The lowest BCUT2D eigenvalue weighted by molar-refractivity contribution is 0.119. The number of benzene rings is 2. The average Bonchev–Trinajstić information content (AvgIpc) is 3.24. The van der Waals surface area contributed by atoms with Crippen LogP contribution in [0.1, 0.15) is 37.0 Å². The number of hydrogen-bond acceptors (Lipinski definition) is 3. The van der Waals surface area contributed by atoms with E-state index in [4.69, 9.17) is 0 Å². The standard InChI is InChI=1S/C23H25FN4O2/c1-13(5-6-14-12-25-18-8-7-15(24)11-17(14)18)26-20-9-10-28-21-16(22(20)29)3-2-4-19(21)27-23(28)30/h2-4,7-8,11-13,20,22,25-26,29H,5-6,9-10H2,1H3,(H,27,30)/t13?,20-,22-/m1/s1. The average molecular weight is 408 g/mol. The van der Waals surface area contributed by atoms with Crippen LogP contribution in [-0.2, 0) is 13.0 Å². The van der Waals surface area contributed by atoms with Gasteiger partial charge in [-0.1, -0.05) is 12.1 Å².